The number of halogens is 2. The predicted molar refractivity (Wildman–Crippen MR) is 73.3 cm³/mol. The van der Waals surface area contributed by atoms with Crippen molar-refractivity contribution in [1.82, 2.24) is 0 Å². The topological polar surface area (TPSA) is 55.5 Å². The van der Waals surface area contributed by atoms with Gasteiger partial charge in [0.2, 0.25) is 0 Å². The monoisotopic (exact) mass is 289 g/mol. The molecule has 0 aliphatic heterocycles. The zero-order valence-electron chi connectivity index (χ0n) is 10.1. The number of ether oxygens (including phenoxy) is 1. The number of benzene rings is 1. The first-order chi connectivity index (χ1) is 8.54. The molecule has 0 heterocycles. The van der Waals surface area contributed by atoms with Crippen molar-refractivity contribution in [2.45, 2.75) is 37.8 Å². The Kier molecular flexibility index (Phi) is 4.38. The van der Waals surface area contributed by atoms with Crippen LogP contribution in [0.2, 0.25) is 10.0 Å². The normalized spacial score (nSPS) is 18.0. The molecule has 0 spiro atoms. The van der Waals surface area contributed by atoms with Crippen LogP contribution >= 0.6 is 23.2 Å². The second-order valence-electron chi connectivity index (χ2n) is 4.80. The van der Waals surface area contributed by atoms with Crippen LogP contribution in [0, 0.1) is 0 Å². The van der Waals surface area contributed by atoms with Gasteiger partial charge in [0.15, 0.2) is 0 Å². The van der Waals surface area contributed by atoms with Crippen LogP contribution in [-0.4, -0.2) is 17.3 Å². The summed E-state index contributed by atoms with van der Waals surface area (Å²) in [5.41, 5.74) is 5.68. The van der Waals surface area contributed by atoms with E-state index >= 15 is 0 Å². The van der Waals surface area contributed by atoms with E-state index in [1.54, 1.807) is 12.1 Å². The lowest BCUT2D eigenvalue weighted by Gasteiger charge is -2.23. The highest BCUT2D eigenvalue weighted by Crippen LogP contribution is 2.35. The van der Waals surface area contributed by atoms with Gasteiger partial charge in [-0.1, -0.05) is 36.0 Å². The Labute approximate surface area is 117 Å². The lowest BCUT2D eigenvalue weighted by atomic mass is 10.0. The van der Waals surface area contributed by atoms with Crippen LogP contribution in [0.15, 0.2) is 12.1 Å². The zero-order chi connectivity index (χ0) is 13.2. The highest BCUT2D eigenvalue weighted by atomic mass is 35.5. The molecule has 0 unspecified atom stereocenters. The highest BCUT2D eigenvalue weighted by Gasteiger charge is 2.32. The minimum absolute atomic E-state index is 0.251. The first kappa shape index (κ1) is 13.9. The van der Waals surface area contributed by atoms with E-state index in [0.717, 1.165) is 31.2 Å². The molecule has 1 aliphatic carbocycles. The zero-order valence-corrected chi connectivity index (χ0v) is 11.6. The number of hydrogen-bond acceptors (Lipinski definition) is 3. The van der Waals surface area contributed by atoms with Gasteiger partial charge in [-0.25, -0.2) is 0 Å². The molecule has 1 fully saturated rings. The van der Waals surface area contributed by atoms with Gasteiger partial charge in [0.1, 0.15) is 12.4 Å². The maximum Gasteiger partial charge on any atom is 0.142 e. The smallest absolute Gasteiger partial charge is 0.142 e. The van der Waals surface area contributed by atoms with Gasteiger partial charge >= 0.3 is 0 Å². The lowest BCUT2D eigenvalue weighted by Crippen LogP contribution is -2.32. The minimum Gasteiger partial charge on any atom is -0.489 e. The summed E-state index contributed by atoms with van der Waals surface area (Å²) < 4.78 is 5.68. The molecule has 5 heteroatoms. The lowest BCUT2D eigenvalue weighted by molar-refractivity contribution is 0.00118. The summed E-state index contributed by atoms with van der Waals surface area (Å²) in [6.07, 6.45) is 3.63. The van der Waals surface area contributed by atoms with Crippen molar-refractivity contribution in [3.63, 3.8) is 0 Å². The van der Waals surface area contributed by atoms with Gasteiger partial charge < -0.3 is 15.6 Å². The summed E-state index contributed by atoms with van der Waals surface area (Å²) in [6, 6.07) is 3.36. The number of rotatable bonds is 4. The molecule has 2 rings (SSSR count). The van der Waals surface area contributed by atoms with Crippen molar-refractivity contribution in [2.75, 3.05) is 6.61 Å². The molecule has 0 bridgehead atoms. The van der Waals surface area contributed by atoms with Crippen LogP contribution < -0.4 is 10.5 Å². The van der Waals surface area contributed by atoms with Crippen molar-refractivity contribution in [1.29, 1.82) is 0 Å². The fraction of sp³-hybridized carbons (Fsp3) is 0.538. The molecule has 0 atom stereocenters. The van der Waals surface area contributed by atoms with Crippen LogP contribution in [0.1, 0.15) is 31.2 Å². The van der Waals surface area contributed by atoms with Crippen LogP contribution in [0.25, 0.3) is 0 Å². The minimum atomic E-state index is -0.727. The molecule has 0 aromatic heterocycles. The summed E-state index contributed by atoms with van der Waals surface area (Å²) in [6.45, 7) is 0.551. The Morgan fingerprint density at radius 2 is 1.94 bits per heavy atom. The number of aliphatic hydroxyl groups is 1. The predicted octanol–water partition coefficient (Wildman–Crippen LogP) is 3.14. The van der Waals surface area contributed by atoms with E-state index in [9.17, 15) is 5.11 Å². The van der Waals surface area contributed by atoms with E-state index < -0.39 is 5.60 Å². The third kappa shape index (κ3) is 3.09. The van der Waals surface area contributed by atoms with E-state index in [1.165, 1.54) is 0 Å². The summed E-state index contributed by atoms with van der Waals surface area (Å²) in [7, 11) is 0. The second kappa shape index (κ2) is 5.66. The molecule has 1 aromatic carbocycles. The summed E-state index contributed by atoms with van der Waals surface area (Å²) in [5.74, 6) is 0.531. The molecule has 1 aromatic rings. The average Bonchev–Trinajstić information content (AvgIpc) is 2.74. The largest absolute Gasteiger partial charge is 0.489 e. The fourth-order valence-electron chi connectivity index (χ4n) is 2.31. The Morgan fingerprint density at radius 3 is 2.56 bits per heavy atom. The number of nitrogens with two attached hydrogens (primary N) is 1. The van der Waals surface area contributed by atoms with Gasteiger partial charge in [-0.2, -0.15) is 0 Å². The molecular weight excluding hydrogens is 273 g/mol. The van der Waals surface area contributed by atoms with E-state index in [0.29, 0.717) is 22.3 Å². The van der Waals surface area contributed by atoms with Crippen molar-refractivity contribution in [3.05, 3.63) is 27.7 Å². The molecule has 3 nitrogen and oxygen atoms in total. The van der Waals surface area contributed by atoms with Gasteiger partial charge in [-0.05, 0) is 25.0 Å². The van der Waals surface area contributed by atoms with Crippen molar-refractivity contribution < 1.29 is 9.84 Å². The maximum atomic E-state index is 10.2. The number of hydrogen-bond donors (Lipinski definition) is 2. The molecule has 0 saturated heterocycles. The Balaban J connectivity index is 2.13. The van der Waals surface area contributed by atoms with Crippen molar-refractivity contribution in [3.8, 4) is 5.75 Å². The summed E-state index contributed by atoms with van der Waals surface area (Å²) >= 11 is 12.0. The maximum absolute atomic E-state index is 10.2. The van der Waals surface area contributed by atoms with Crippen LogP contribution in [0.3, 0.4) is 0 Å². The first-order valence-corrected chi connectivity index (χ1v) is 6.83. The van der Waals surface area contributed by atoms with E-state index in [-0.39, 0.29) is 6.61 Å². The summed E-state index contributed by atoms with van der Waals surface area (Å²) in [5, 5.41) is 11.2. The van der Waals surface area contributed by atoms with Gasteiger partial charge in [0.25, 0.3) is 0 Å². The highest BCUT2D eigenvalue weighted by molar-refractivity contribution is 6.35. The molecular formula is C13H17Cl2NO2. The molecule has 1 saturated carbocycles. The van der Waals surface area contributed by atoms with Crippen LogP contribution in [-0.2, 0) is 6.54 Å². The quantitative estimate of drug-likeness (QED) is 0.895. The van der Waals surface area contributed by atoms with Crippen LogP contribution in [0.5, 0.6) is 5.75 Å². The van der Waals surface area contributed by atoms with E-state index in [1.807, 2.05) is 0 Å². The Hall–Kier alpha value is -0.480. The first-order valence-electron chi connectivity index (χ1n) is 6.07. The standard InChI is InChI=1S/C13H17Cl2NO2/c14-10-5-9(7-16)12(11(15)6-10)18-8-13(17)3-1-2-4-13/h5-6,17H,1-4,7-8,16H2. The second-order valence-corrected chi connectivity index (χ2v) is 5.64. The molecule has 3 N–H and O–H groups in total. The van der Waals surface area contributed by atoms with Gasteiger partial charge in [-0.15, -0.1) is 0 Å². The van der Waals surface area contributed by atoms with Crippen molar-refractivity contribution >= 4 is 23.2 Å². The average molecular weight is 290 g/mol. The Morgan fingerprint density at radius 1 is 1.28 bits per heavy atom. The Bertz CT molecular complexity index is 431. The SMILES string of the molecule is NCc1cc(Cl)cc(Cl)c1OCC1(O)CCCC1. The third-order valence-corrected chi connectivity index (χ3v) is 3.82. The fourth-order valence-corrected chi connectivity index (χ4v) is 2.90. The van der Waals surface area contributed by atoms with E-state index in [2.05, 4.69) is 0 Å². The van der Waals surface area contributed by atoms with Gasteiger partial charge in [0, 0.05) is 17.1 Å². The van der Waals surface area contributed by atoms with Gasteiger partial charge in [-0.3, -0.25) is 0 Å². The molecule has 0 radical (unpaired) electrons. The molecule has 1 aliphatic rings. The van der Waals surface area contributed by atoms with Crippen molar-refractivity contribution in [2.24, 2.45) is 5.73 Å². The van der Waals surface area contributed by atoms with Gasteiger partial charge in [0.05, 0.1) is 10.6 Å². The molecule has 0 amide bonds. The molecule has 18 heavy (non-hydrogen) atoms. The van der Waals surface area contributed by atoms with E-state index in [4.69, 9.17) is 33.7 Å². The van der Waals surface area contributed by atoms with Crippen LogP contribution in [0.4, 0.5) is 0 Å². The summed E-state index contributed by atoms with van der Waals surface area (Å²) in [4.78, 5) is 0. The third-order valence-electron chi connectivity index (χ3n) is 3.32. The molecule has 100 valence electrons.